The van der Waals surface area contributed by atoms with Crippen LogP contribution < -0.4 is 29.9 Å². The van der Waals surface area contributed by atoms with E-state index in [0.29, 0.717) is 87.4 Å². The van der Waals surface area contributed by atoms with Crippen LogP contribution in [0.4, 0.5) is 56.1 Å². The average Bonchev–Trinajstić information content (AvgIpc) is 3.31. The maximum Gasteiger partial charge on any atom is 0.422 e. The van der Waals surface area contributed by atoms with Crippen LogP contribution in [0.1, 0.15) is 26.7 Å². The lowest BCUT2D eigenvalue weighted by Gasteiger charge is -2.41. The van der Waals surface area contributed by atoms with Crippen LogP contribution in [0.25, 0.3) is 0 Å². The van der Waals surface area contributed by atoms with E-state index in [0.717, 1.165) is 38.1 Å². The SMILES string of the molecule is CC1(OC(=O)/C=C/C(=O)OC2(C)C(=O)N(CCCN3CCN(c4ccc(F)cc4OCC(F)(F)F)CC3)C(=O)NC2O)C(=O)N(CCCN2CCN(c3ccc(F)cc3OCC(F)(F)F)CC2)C(=O)NC1O. The van der Waals surface area contributed by atoms with Gasteiger partial charge in [-0.15, -0.1) is 0 Å². The fourth-order valence-corrected chi connectivity index (χ4v) is 8.23. The third kappa shape index (κ3) is 13.7. The van der Waals surface area contributed by atoms with Crippen molar-refractivity contribution < 1.29 is 93.1 Å². The number of carbonyl (C=O) groups is 6. The molecule has 2 aromatic carbocycles. The van der Waals surface area contributed by atoms with Gasteiger partial charge in [0, 0.05) is 89.7 Å². The van der Waals surface area contributed by atoms with Crippen molar-refractivity contribution in [2.45, 2.75) is 62.7 Å². The normalized spacial score (nSPS) is 23.8. The van der Waals surface area contributed by atoms with E-state index >= 15 is 0 Å². The van der Waals surface area contributed by atoms with Crippen molar-refractivity contribution in [2.75, 3.05) is 102 Å². The molecule has 72 heavy (non-hydrogen) atoms. The summed E-state index contributed by atoms with van der Waals surface area (Å²) < 4.78 is 125. The summed E-state index contributed by atoms with van der Waals surface area (Å²) >= 11 is 0. The lowest BCUT2D eigenvalue weighted by molar-refractivity contribution is -0.187. The van der Waals surface area contributed by atoms with Gasteiger partial charge in [0.25, 0.3) is 11.8 Å². The first-order valence-corrected chi connectivity index (χ1v) is 22.4. The Balaban J connectivity index is 0.953. The summed E-state index contributed by atoms with van der Waals surface area (Å²) in [6.07, 6.45) is -12.0. The number of aliphatic hydroxyl groups is 2. The molecule has 4 saturated heterocycles. The molecule has 4 aliphatic rings. The van der Waals surface area contributed by atoms with Crippen LogP contribution in [0.3, 0.4) is 0 Å². The maximum absolute atomic E-state index is 13.8. The Labute approximate surface area is 405 Å². The Kier molecular flexibility index (Phi) is 17.1. The molecule has 4 fully saturated rings. The Morgan fingerprint density at radius 2 is 0.958 bits per heavy atom. The highest BCUT2D eigenvalue weighted by molar-refractivity contribution is 6.05. The van der Waals surface area contributed by atoms with Gasteiger partial charge in [0.1, 0.15) is 23.1 Å². The number of amides is 6. The van der Waals surface area contributed by atoms with Gasteiger partial charge in [0.05, 0.1) is 11.4 Å². The molecule has 0 saturated carbocycles. The molecule has 4 N–H and O–H groups in total. The molecule has 0 bridgehead atoms. The zero-order valence-electron chi connectivity index (χ0n) is 38.8. The Bertz CT molecular complexity index is 2210. The van der Waals surface area contributed by atoms with E-state index in [1.807, 2.05) is 9.80 Å². The third-order valence-electron chi connectivity index (χ3n) is 12.1. The van der Waals surface area contributed by atoms with Crippen molar-refractivity contribution in [2.24, 2.45) is 0 Å². The summed E-state index contributed by atoms with van der Waals surface area (Å²) in [6, 6.07) is 4.58. The molecule has 0 aliphatic carbocycles. The molecule has 6 amide bonds. The summed E-state index contributed by atoms with van der Waals surface area (Å²) in [4.78, 5) is 87.4. The fraction of sp³-hybridized carbons (Fsp3) is 0.545. The van der Waals surface area contributed by atoms with Crippen LogP contribution in [0.15, 0.2) is 48.6 Å². The summed E-state index contributed by atoms with van der Waals surface area (Å²) in [7, 11) is 0. The van der Waals surface area contributed by atoms with E-state index in [1.165, 1.54) is 12.1 Å². The van der Waals surface area contributed by atoms with Crippen LogP contribution in [0.2, 0.25) is 0 Å². The van der Waals surface area contributed by atoms with Crippen LogP contribution in [-0.2, 0) is 28.7 Å². The van der Waals surface area contributed by atoms with Crippen molar-refractivity contribution in [3.8, 4) is 11.5 Å². The molecule has 4 atom stereocenters. The Hall–Kier alpha value is -6.52. The number of aliphatic hydroxyl groups excluding tert-OH is 2. The van der Waals surface area contributed by atoms with Gasteiger partial charge in [-0.25, -0.2) is 28.0 Å². The minimum absolute atomic E-state index is 0.193. The minimum Gasteiger partial charge on any atom is -0.482 e. The fourth-order valence-electron chi connectivity index (χ4n) is 8.23. The van der Waals surface area contributed by atoms with Gasteiger partial charge in [-0.3, -0.25) is 29.2 Å². The second-order valence-corrected chi connectivity index (χ2v) is 17.4. The van der Waals surface area contributed by atoms with Crippen molar-refractivity contribution in [3.05, 3.63) is 60.2 Å². The number of alkyl halides is 6. The average molecular weight is 1040 g/mol. The van der Waals surface area contributed by atoms with Gasteiger partial charge in [-0.1, -0.05) is 0 Å². The van der Waals surface area contributed by atoms with E-state index in [-0.39, 0.29) is 48.8 Å². The number of carbonyl (C=O) groups excluding carboxylic acids is 6. The number of nitrogens with one attached hydrogen (secondary N) is 2. The molecule has 28 heteroatoms. The topological polar surface area (TPSA) is 223 Å². The molecule has 396 valence electrons. The Morgan fingerprint density at radius 3 is 1.29 bits per heavy atom. The monoisotopic (exact) mass is 1040 g/mol. The summed E-state index contributed by atoms with van der Waals surface area (Å²) in [5.74, 6) is -7.08. The first-order chi connectivity index (χ1) is 33.8. The van der Waals surface area contributed by atoms with E-state index in [4.69, 9.17) is 18.9 Å². The van der Waals surface area contributed by atoms with E-state index in [1.54, 1.807) is 9.80 Å². The first-order valence-electron chi connectivity index (χ1n) is 22.4. The number of ether oxygens (including phenoxy) is 4. The number of piperazine rings is 2. The molecule has 20 nitrogen and oxygen atoms in total. The molecule has 0 aromatic heterocycles. The number of rotatable bonds is 18. The number of hydrogen-bond acceptors (Lipinski definition) is 16. The molecular weight excluding hydrogens is 985 g/mol. The molecule has 0 radical (unpaired) electrons. The van der Waals surface area contributed by atoms with Crippen molar-refractivity contribution >= 4 is 47.2 Å². The quantitative estimate of drug-likeness (QED) is 0.0957. The van der Waals surface area contributed by atoms with Crippen LogP contribution >= 0.6 is 0 Å². The summed E-state index contributed by atoms with van der Waals surface area (Å²) in [5.41, 5.74) is -4.28. The number of nitrogens with zero attached hydrogens (tertiary/aromatic N) is 6. The summed E-state index contributed by atoms with van der Waals surface area (Å²) in [6.45, 7) is 1.87. The Morgan fingerprint density at radius 1 is 0.611 bits per heavy atom. The third-order valence-corrected chi connectivity index (χ3v) is 12.1. The smallest absolute Gasteiger partial charge is 0.422 e. The zero-order valence-corrected chi connectivity index (χ0v) is 38.8. The number of halogens is 8. The second kappa shape index (κ2) is 22.5. The van der Waals surface area contributed by atoms with Gasteiger partial charge in [0.2, 0.25) is 11.2 Å². The number of benzene rings is 2. The predicted molar refractivity (Wildman–Crippen MR) is 233 cm³/mol. The van der Waals surface area contributed by atoms with Crippen LogP contribution in [0.5, 0.6) is 11.5 Å². The standard InChI is InChI=1S/C44H52F8N8O12/c1-41(35(63)53-39(67)59(37(41)65)13-3-11-55-15-19-57(20-16-55)29-7-5-27(45)23-31(29)69-25-43(47,48)49)71-33(61)9-10-34(62)72-42(2)36(64)54-40(68)60(38(42)66)14-4-12-56-17-21-58(22-18-56)30-8-6-28(46)24-32(30)70-26-44(50,51)52/h5-10,23-24,35-36,63-64H,3-4,11-22,25-26H2,1-2H3,(H,53,67)(H,54,68)/b10-9+. The highest BCUT2D eigenvalue weighted by atomic mass is 19.4. The molecular formula is C44H52F8N8O12. The highest BCUT2D eigenvalue weighted by Crippen LogP contribution is 2.34. The first kappa shape index (κ1) is 54.8. The number of anilines is 2. The number of esters is 2. The molecule has 4 aliphatic heterocycles. The van der Waals surface area contributed by atoms with Crippen molar-refractivity contribution in [3.63, 3.8) is 0 Å². The summed E-state index contributed by atoms with van der Waals surface area (Å²) in [5, 5.41) is 25.6. The number of imide groups is 2. The van der Waals surface area contributed by atoms with E-state index in [2.05, 4.69) is 10.6 Å². The number of hydrogen-bond donors (Lipinski definition) is 4. The number of urea groups is 2. The lowest BCUT2D eigenvalue weighted by Crippen LogP contribution is -2.70. The van der Waals surface area contributed by atoms with Crippen LogP contribution in [0, 0.1) is 11.6 Å². The van der Waals surface area contributed by atoms with Crippen molar-refractivity contribution in [1.29, 1.82) is 0 Å². The van der Waals surface area contributed by atoms with Gasteiger partial charge < -0.3 is 49.6 Å². The molecule has 4 heterocycles. The highest BCUT2D eigenvalue weighted by Gasteiger charge is 2.54. The largest absolute Gasteiger partial charge is 0.482 e. The second-order valence-electron chi connectivity index (χ2n) is 17.4. The maximum atomic E-state index is 13.8. The van der Waals surface area contributed by atoms with Crippen molar-refractivity contribution in [1.82, 2.24) is 30.2 Å². The van der Waals surface area contributed by atoms with Gasteiger partial charge >= 0.3 is 36.4 Å². The van der Waals surface area contributed by atoms with Gasteiger partial charge in [-0.05, 0) is 64.0 Å². The van der Waals surface area contributed by atoms with E-state index < -0.39 is 96.7 Å². The van der Waals surface area contributed by atoms with Gasteiger partial charge in [0.15, 0.2) is 25.7 Å². The minimum atomic E-state index is -4.64. The predicted octanol–water partition coefficient (Wildman–Crippen LogP) is 2.47. The molecule has 6 rings (SSSR count). The molecule has 2 aromatic rings. The molecule has 0 spiro atoms. The van der Waals surface area contributed by atoms with Gasteiger partial charge in [-0.2, -0.15) is 26.3 Å². The van der Waals surface area contributed by atoms with Crippen LogP contribution in [-0.4, -0.2) is 193 Å². The zero-order chi connectivity index (χ0) is 52.8. The molecule has 4 unspecified atom stereocenters. The lowest BCUT2D eigenvalue weighted by atomic mass is 9.99. The van der Waals surface area contributed by atoms with E-state index in [9.17, 15) is 74.1 Å².